The molecule has 0 unspecified atom stereocenters. The Morgan fingerprint density at radius 3 is 2.83 bits per heavy atom. The number of nitrogens with one attached hydrogen (secondary N) is 1. The first kappa shape index (κ1) is 10.7. The minimum atomic E-state index is 0.646. The largest absolute Gasteiger partial charge is 0.385 e. The molecule has 18 heavy (non-hydrogen) atoms. The molecule has 5 heteroatoms. The van der Waals surface area contributed by atoms with Gasteiger partial charge in [0.2, 0.25) is 0 Å². The van der Waals surface area contributed by atoms with Gasteiger partial charge in [-0.05, 0) is 18.2 Å². The Hall–Kier alpha value is -2.43. The topological polar surface area (TPSA) is 55.1 Å². The van der Waals surface area contributed by atoms with Crippen LogP contribution in [0.3, 0.4) is 0 Å². The summed E-state index contributed by atoms with van der Waals surface area (Å²) >= 11 is 0. The third-order valence-electron chi connectivity index (χ3n) is 2.71. The van der Waals surface area contributed by atoms with Crippen molar-refractivity contribution in [1.29, 1.82) is 0 Å². The molecule has 2 aromatic heterocycles. The molecule has 3 rings (SSSR count). The van der Waals surface area contributed by atoms with Crippen LogP contribution in [0.25, 0.3) is 5.78 Å². The van der Waals surface area contributed by atoms with Crippen LogP contribution in [-0.2, 0) is 6.42 Å². The van der Waals surface area contributed by atoms with Gasteiger partial charge in [0.05, 0.1) is 0 Å². The van der Waals surface area contributed by atoms with E-state index in [0.29, 0.717) is 5.78 Å². The molecular weight excluding hydrogens is 226 g/mol. The van der Waals surface area contributed by atoms with E-state index in [4.69, 9.17) is 0 Å². The molecule has 1 aromatic carbocycles. The summed E-state index contributed by atoms with van der Waals surface area (Å²) in [6.07, 6.45) is 4.46. The van der Waals surface area contributed by atoms with E-state index in [1.807, 2.05) is 47.0 Å². The van der Waals surface area contributed by atoms with Crippen LogP contribution >= 0.6 is 0 Å². The highest BCUT2D eigenvalue weighted by Crippen LogP contribution is 2.05. The van der Waals surface area contributed by atoms with Crippen LogP contribution in [0.4, 0.5) is 5.69 Å². The molecule has 0 aliphatic carbocycles. The Kier molecular flexibility index (Phi) is 2.87. The summed E-state index contributed by atoms with van der Waals surface area (Å²) in [5.74, 6) is 1.56. The van der Waals surface area contributed by atoms with Crippen LogP contribution in [0.1, 0.15) is 5.82 Å². The van der Waals surface area contributed by atoms with E-state index in [1.165, 1.54) is 0 Å². The summed E-state index contributed by atoms with van der Waals surface area (Å²) in [5, 5.41) is 11.5. The van der Waals surface area contributed by atoms with Crippen molar-refractivity contribution in [3.8, 4) is 0 Å². The van der Waals surface area contributed by atoms with E-state index in [1.54, 1.807) is 6.20 Å². The second-order valence-corrected chi connectivity index (χ2v) is 3.95. The lowest BCUT2D eigenvalue weighted by Crippen LogP contribution is -2.07. The molecule has 90 valence electrons. The second-order valence-electron chi connectivity index (χ2n) is 3.95. The fourth-order valence-electron chi connectivity index (χ4n) is 1.83. The zero-order chi connectivity index (χ0) is 12.2. The Balaban J connectivity index is 1.67. The first-order valence-corrected chi connectivity index (χ1v) is 5.87. The number of anilines is 1. The van der Waals surface area contributed by atoms with Gasteiger partial charge in [0, 0.05) is 31.0 Å². The van der Waals surface area contributed by atoms with Crippen molar-refractivity contribution in [3.63, 3.8) is 0 Å². The highest BCUT2D eigenvalue weighted by Gasteiger charge is 2.04. The van der Waals surface area contributed by atoms with Crippen LogP contribution in [0.5, 0.6) is 0 Å². The zero-order valence-corrected chi connectivity index (χ0v) is 9.82. The average Bonchev–Trinajstić information content (AvgIpc) is 2.84. The smallest absolute Gasteiger partial charge is 0.254 e. The maximum absolute atomic E-state index is 4.14. The van der Waals surface area contributed by atoms with Gasteiger partial charge < -0.3 is 5.32 Å². The van der Waals surface area contributed by atoms with Gasteiger partial charge in [-0.2, -0.15) is 0 Å². The predicted molar refractivity (Wildman–Crippen MR) is 69.4 cm³/mol. The number of benzene rings is 1. The molecule has 5 nitrogen and oxygen atoms in total. The quantitative estimate of drug-likeness (QED) is 0.754. The first-order valence-electron chi connectivity index (χ1n) is 5.87. The molecule has 0 aliphatic rings. The standard InChI is InChI=1S/C13H13N5/c1-2-5-11(6-3-1)14-9-7-12-16-17-13-15-8-4-10-18(12)13/h1-6,8,10,14H,7,9H2. The third-order valence-corrected chi connectivity index (χ3v) is 2.71. The average molecular weight is 239 g/mol. The van der Waals surface area contributed by atoms with E-state index < -0.39 is 0 Å². The fourth-order valence-corrected chi connectivity index (χ4v) is 1.83. The minimum absolute atomic E-state index is 0.646. The second kappa shape index (κ2) is 4.83. The normalized spacial score (nSPS) is 10.7. The van der Waals surface area contributed by atoms with Crippen LogP contribution in [0.2, 0.25) is 0 Å². The summed E-state index contributed by atoms with van der Waals surface area (Å²) in [4.78, 5) is 4.14. The number of rotatable bonds is 4. The van der Waals surface area contributed by atoms with Gasteiger partial charge in [0.1, 0.15) is 5.82 Å². The highest BCUT2D eigenvalue weighted by atomic mass is 15.3. The van der Waals surface area contributed by atoms with Gasteiger partial charge in [-0.3, -0.25) is 4.40 Å². The molecule has 0 amide bonds. The lowest BCUT2D eigenvalue weighted by Gasteiger charge is -2.04. The Labute approximate surface area is 105 Å². The molecule has 0 saturated carbocycles. The van der Waals surface area contributed by atoms with Crippen LogP contribution < -0.4 is 5.32 Å². The third kappa shape index (κ3) is 2.15. The van der Waals surface area contributed by atoms with Gasteiger partial charge in [-0.25, -0.2) is 4.98 Å². The van der Waals surface area contributed by atoms with Crippen LogP contribution in [-0.4, -0.2) is 26.1 Å². The van der Waals surface area contributed by atoms with Crippen molar-refractivity contribution >= 4 is 11.5 Å². The SMILES string of the molecule is c1ccc(NCCc2nnc3ncccn23)cc1. The molecule has 2 heterocycles. The van der Waals surface area contributed by atoms with Gasteiger partial charge in [-0.15, -0.1) is 10.2 Å². The Bertz CT molecular complexity index is 632. The molecule has 0 saturated heterocycles. The number of para-hydroxylation sites is 1. The maximum Gasteiger partial charge on any atom is 0.254 e. The molecule has 1 N–H and O–H groups in total. The van der Waals surface area contributed by atoms with Crippen molar-refractivity contribution in [2.45, 2.75) is 6.42 Å². The van der Waals surface area contributed by atoms with Crippen molar-refractivity contribution in [1.82, 2.24) is 19.6 Å². The summed E-state index contributed by atoms with van der Waals surface area (Å²) in [6.45, 7) is 0.819. The molecular formula is C13H13N5. The van der Waals surface area contributed by atoms with Crippen molar-refractivity contribution in [2.75, 3.05) is 11.9 Å². The molecule has 0 bridgehead atoms. The molecule has 0 spiro atoms. The zero-order valence-electron chi connectivity index (χ0n) is 9.82. The number of aromatic nitrogens is 4. The first-order chi connectivity index (χ1) is 8.93. The summed E-state index contributed by atoms with van der Waals surface area (Å²) < 4.78 is 1.91. The van der Waals surface area contributed by atoms with Crippen molar-refractivity contribution in [2.24, 2.45) is 0 Å². The predicted octanol–water partition coefficient (Wildman–Crippen LogP) is 1.78. The monoisotopic (exact) mass is 239 g/mol. The van der Waals surface area contributed by atoms with Crippen LogP contribution in [0.15, 0.2) is 48.8 Å². The maximum atomic E-state index is 4.14. The van der Waals surface area contributed by atoms with E-state index in [-0.39, 0.29) is 0 Å². The lowest BCUT2D eigenvalue weighted by molar-refractivity contribution is 0.869. The summed E-state index contributed by atoms with van der Waals surface area (Å²) in [5.41, 5.74) is 1.12. The number of hydrogen-bond donors (Lipinski definition) is 1. The number of hydrogen-bond acceptors (Lipinski definition) is 4. The molecule has 0 fully saturated rings. The Morgan fingerprint density at radius 1 is 1.06 bits per heavy atom. The van der Waals surface area contributed by atoms with Gasteiger partial charge in [-0.1, -0.05) is 18.2 Å². The van der Waals surface area contributed by atoms with Crippen LogP contribution in [0, 0.1) is 0 Å². The summed E-state index contributed by atoms with van der Waals surface area (Å²) in [6, 6.07) is 12.0. The van der Waals surface area contributed by atoms with E-state index in [9.17, 15) is 0 Å². The van der Waals surface area contributed by atoms with E-state index in [2.05, 4.69) is 20.5 Å². The number of fused-ring (bicyclic) bond motifs is 1. The number of nitrogens with zero attached hydrogens (tertiary/aromatic N) is 4. The van der Waals surface area contributed by atoms with Gasteiger partial charge in [0.15, 0.2) is 0 Å². The highest BCUT2D eigenvalue weighted by molar-refractivity contribution is 5.42. The summed E-state index contributed by atoms with van der Waals surface area (Å²) in [7, 11) is 0. The molecule has 0 atom stereocenters. The lowest BCUT2D eigenvalue weighted by atomic mass is 10.3. The van der Waals surface area contributed by atoms with Gasteiger partial charge >= 0.3 is 0 Å². The van der Waals surface area contributed by atoms with Crippen molar-refractivity contribution < 1.29 is 0 Å². The molecule has 0 radical (unpaired) electrons. The Morgan fingerprint density at radius 2 is 1.94 bits per heavy atom. The van der Waals surface area contributed by atoms with Gasteiger partial charge in [0.25, 0.3) is 5.78 Å². The minimum Gasteiger partial charge on any atom is -0.385 e. The van der Waals surface area contributed by atoms with E-state index >= 15 is 0 Å². The molecule has 0 aliphatic heterocycles. The fraction of sp³-hybridized carbons (Fsp3) is 0.154. The van der Waals surface area contributed by atoms with Crippen molar-refractivity contribution in [3.05, 3.63) is 54.6 Å². The van der Waals surface area contributed by atoms with E-state index in [0.717, 1.165) is 24.5 Å². The molecule has 3 aromatic rings.